The Bertz CT molecular complexity index is 503. The number of aryl methyl sites for hydroxylation is 1. The molecule has 2 aromatic heterocycles. The lowest BCUT2D eigenvalue weighted by Crippen LogP contribution is -2.29. The summed E-state index contributed by atoms with van der Waals surface area (Å²) in [6.45, 7) is 4.80. The minimum Gasteiger partial charge on any atom is -0.341 e. The number of aromatic nitrogens is 5. The van der Waals surface area contributed by atoms with Crippen molar-refractivity contribution in [3.8, 4) is 0 Å². The van der Waals surface area contributed by atoms with E-state index in [1.54, 1.807) is 6.33 Å². The molecular weight excluding hydrogens is 232 g/mol. The molecule has 7 heteroatoms. The van der Waals surface area contributed by atoms with E-state index in [-0.39, 0.29) is 11.9 Å². The molecule has 18 heavy (non-hydrogen) atoms. The summed E-state index contributed by atoms with van der Waals surface area (Å²) >= 11 is 0. The molecule has 0 spiro atoms. The molecule has 0 aliphatic heterocycles. The number of aromatic amines is 1. The maximum atomic E-state index is 11.8. The quantitative estimate of drug-likeness (QED) is 0.822. The number of hydrogen-bond acceptors (Lipinski definition) is 4. The molecule has 0 radical (unpaired) electrons. The molecule has 96 valence electrons. The molecule has 0 aromatic carbocycles. The maximum Gasteiger partial charge on any atom is 0.269 e. The van der Waals surface area contributed by atoms with Crippen LogP contribution >= 0.6 is 0 Å². The molecule has 0 bridgehead atoms. The summed E-state index contributed by atoms with van der Waals surface area (Å²) < 4.78 is 1.94. The minimum atomic E-state index is -0.203. The van der Waals surface area contributed by atoms with Crippen molar-refractivity contribution >= 4 is 5.91 Å². The van der Waals surface area contributed by atoms with Crippen LogP contribution in [0.15, 0.2) is 18.9 Å². The van der Waals surface area contributed by atoms with Crippen LogP contribution < -0.4 is 5.32 Å². The number of rotatable bonds is 5. The first kappa shape index (κ1) is 12.3. The SMILES string of the molecule is CCCn1cnnc1[C@H](C)NC(=O)c1cnc[nH]1. The summed E-state index contributed by atoms with van der Waals surface area (Å²) in [5.74, 6) is 0.552. The Morgan fingerprint density at radius 1 is 1.61 bits per heavy atom. The molecule has 1 amide bonds. The third kappa shape index (κ3) is 2.55. The van der Waals surface area contributed by atoms with E-state index < -0.39 is 0 Å². The van der Waals surface area contributed by atoms with Crippen LogP contribution in [0.1, 0.15) is 42.6 Å². The lowest BCUT2D eigenvalue weighted by molar-refractivity contribution is 0.0933. The van der Waals surface area contributed by atoms with Gasteiger partial charge in [0.2, 0.25) is 0 Å². The lowest BCUT2D eigenvalue weighted by Gasteiger charge is -2.13. The summed E-state index contributed by atoms with van der Waals surface area (Å²) in [6.07, 6.45) is 5.63. The van der Waals surface area contributed by atoms with Gasteiger partial charge in [-0.25, -0.2) is 4.98 Å². The van der Waals surface area contributed by atoms with Crippen molar-refractivity contribution in [3.05, 3.63) is 30.4 Å². The molecule has 0 fully saturated rings. The Labute approximate surface area is 105 Å². The lowest BCUT2D eigenvalue weighted by atomic mass is 10.3. The molecule has 0 aliphatic rings. The van der Waals surface area contributed by atoms with Gasteiger partial charge in [-0.2, -0.15) is 0 Å². The normalized spacial score (nSPS) is 12.3. The van der Waals surface area contributed by atoms with E-state index in [0.717, 1.165) is 18.8 Å². The fourth-order valence-electron chi connectivity index (χ4n) is 1.73. The average Bonchev–Trinajstić information content (AvgIpc) is 3.00. The van der Waals surface area contributed by atoms with E-state index in [1.807, 2.05) is 11.5 Å². The van der Waals surface area contributed by atoms with Crippen LogP contribution in [0.2, 0.25) is 0 Å². The number of H-pyrrole nitrogens is 1. The van der Waals surface area contributed by atoms with Crippen molar-refractivity contribution in [1.82, 2.24) is 30.0 Å². The molecule has 0 unspecified atom stereocenters. The number of carbonyl (C=O) groups is 1. The van der Waals surface area contributed by atoms with Crippen molar-refractivity contribution < 1.29 is 4.79 Å². The van der Waals surface area contributed by atoms with E-state index >= 15 is 0 Å². The van der Waals surface area contributed by atoms with Gasteiger partial charge in [-0.1, -0.05) is 6.92 Å². The zero-order valence-corrected chi connectivity index (χ0v) is 10.4. The van der Waals surface area contributed by atoms with Gasteiger partial charge in [0, 0.05) is 6.54 Å². The summed E-state index contributed by atoms with van der Waals surface area (Å²) in [4.78, 5) is 18.4. The van der Waals surface area contributed by atoms with Crippen molar-refractivity contribution in [2.24, 2.45) is 0 Å². The van der Waals surface area contributed by atoms with Gasteiger partial charge < -0.3 is 14.9 Å². The highest BCUT2D eigenvalue weighted by Gasteiger charge is 2.16. The van der Waals surface area contributed by atoms with Crippen LogP contribution in [0.3, 0.4) is 0 Å². The van der Waals surface area contributed by atoms with Gasteiger partial charge in [-0.15, -0.1) is 10.2 Å². The van der Waals surface area contributed by atoms with E-state index in [1.165, 1.54) is 12.5 Å². The fraction of sp³-hybridized carbons (Fsp3) is 0.455. The van der Waals surface area contributed by atoms with Crippen molar-refractivity contribution in [2.75, 3.05) is 0 Å². The molecule has 1 atom stereocenters. The zero-order valence-electron chi connectivity index (χ0n) is 10.4. The van der Waals surface area contributed by atoms with Crippen molar-refractivity contribution in [3.63, 3.8) is 0 Å². The molecule has 0 saturated heterocycles. The van der Waals surface area contributed by atoms with Crippen LogP contribution in [-0.4, -0.2) is 30.6 Å². The van der Waals surface area contributed by atoms with Gasteiger partial charge in [0.15, 0.2) is 5.82 Å². The van der Waals surface area contributed by atoms with Gasteiger partial charge in [-0.3, -0.25) is 4.79 Å². The predicted molar refractivity (Wildman–Crippen MR) is 64.8 cm³/mol. The standard InChI is InChI=1S/C11H16N6O/c1-3-4-17-7-14-16-10(17)8(2)15-11(18)9-5-12-6-13-9/h5-8H,3-4H2,1-2H3,(H,12,13)(H,15,18)/t8-/m0/s1. The summed E-state index contributed by atoms with van der Waals surface area (Å²) in [7, 11) is 0. The van der Waals surface area contributed by atoms with Gasteiger partial charge in [0.25, 0.3) is 5.91 Å². The second-order valence-electron chi connectivity index (χ2n) is 4.04. The topological polar surface area (TPSA) is 88.5 Å². The Hall–Kier alpha value is -2.18. The first-order chi connectivity index (χ1) is 8.72. The zero-order chi connectivity index (χ0) is 13.0. The second-order valence-corrected chi connectivity index (χ2v) is 4.04. The largest absolute Gasteiger partial charge is 0.341 e. The number of carbonyl (C=O) groups excluding carboxylic acids is 1. The molecule has 2 heterocycles. The smallest absolute Gasteiger partial charge is 0.269 e. The molecule has 0 saturated carbocycles. The van der Waals surface area contributed by atoms with E-state index in [0.29, 0.717) is 5.69 Å². The second kappa shape index (κ2) is 5.44. The highest BCUT2D eigenvalue weighted by Crippen LogP contribution is 2.10. The molecular formula is C11H16N6O. The maximum absolute atomic E-state index is 11.8. The molecule has 2 aromatic rings. The van der Waals surface area contributed by atoms with Crippen LogP contribution in [0.5, 0.6) is 0 Å². The van der Waals surface area contributed by atoms with E-state index in [9.17, 15) is 4.79 Å². The summed E-state index contributed by atoms with van der Waals surface area (Å²) in [5, 5.41) is 10.8. The third-order valence-corrected chi connectivity index (χ3v) is 2.59. The van der Waals surface area contributed by atoms with Gasteiger partial charge in [0.05, 0.1) is 18.6 Å². The summed E-state index contributed by atoms with van der Waals surface area (Å²) in [6, 6.07) is -0.199. The van der Waals surface area contributed by atoms with Crippen molar-refractivity contribution in [1.29, 1.82) is 0 Å². The molecule has 7 nitrogen and oxygen atoms in total. The molecule has 0 aliphatic carbocycles. The third-order valence-electron chi connectivity index (χ3n) is 2.59. The van der Waals surface area contributed by atoms with Gasteiger partial charge in [0.1, 0.15) is 12.0 Å². The number of amides is 1. The fourth-order valence-corrected chi connectivity index (χ4v) is 1.73. The monoisotopic (exact) mass is 248 g/mol. The number of imidazole rings is 1. The first-order valence-electron chi connectivity index (χ1n) is 5.89. The highest BCUT2D eigenvalue weighted by atomic mass is 16.2. The van der Waals surface area contributed by atoms with Crippen LogP contribution in [0, 0.1) is 0 Å². The minimum absolute atomic E-state index is 0.199. The predicted octanol–water partition coefficient (Wildman–Crippen LogP) is 0.902. The molecule has 2 N–H and O–H groups in total. The Kier molecular flexibility index (Phi) is 3.71. The number of nitrogens with zero attached hydrogens (tertiary/aromatic N) is 4. The van der Waals surface area contributed by atoms with E-state index in [2.05, 4.69) is 32.4 Å². The number of nitrogens with one attached hydrogen (secondary N) is 2. The highest BCUT2D eigenvalue weighted by molar-refractivity contribution is 5.92. The Morgan fingerprint density at radius 2 is 2.44 bits per heavy atom. The van der Waals surface area contributed by atoms with Crippen LogP contribution in [0.25, 0.3) is 0 Å². The van der Waals surface area contributed by atoms with E-state index in [4.69, 9.17) is 0 Å². The van der Waals surface area contributed by atoms with Crippen molar-refractivity contribution in [2.45, 2.75) is 32.9 Å². The Morgan fingerprint density at radius 3 is 3.11 bits per heavy atom. The first-order valence-corrected chi connectivity index (χ1v) is 5.89. The summed E-state index contributed by atoms with van der Waals surface area (Å²) in [5.41, 5.74) is 0.434. The Balaban J connectivity index is 2.05. The average molecular weight is 248 g/mol. The van der Waals surface area contributed by atoms with Gasteiger partial charge >= 0.3 is 0 Å². The van der Waals surface area contributed by atoms with Crippen LogP contribution in [-0.2, 0) is 6.54 Å². The van der Waals surface area contributed by atoms with Crippen LogP contribution in [0.4, 0.5) is 0 Å². The molecule has 2 rings (SSSR count). The van der Waals surface area contributed by atoms with Gasteiger partial charge in [-0.05, 0) is 13.3 Å². The number of hydrogen-bond donors (Lipinski definition) is 2.